The van der Waals surface area contributed by atoms with Crippen molar-refractivity contribution in [2.45, 2.75) is 117 Å². The third-order valence-corrected chi connectivity index (χ3v) is 13.9. The predicted octanol–water partition coefficient (Wildman–Crippen LogP) is 8.70. The Labute approximate surface area is 283 Å². The third-order valence-electron chi connectivity index (χ3n) is 9.44. The number of carbonyl (C=O) groups is 1. The number of nitrogens with one attached hydrogen (secondary N) is 1. The van der Waals surface area contributed by atoms with Gasteiger partial charge in [-0.25, -0.2) is 9.79 Å². The molecule has 1 aliphatic rings. The minimum atomic E-state index is -2.11. The Morgan fingerprint density at radius 2 is 1.34 bits per heavy atom. The fraction of sp³-hybridized carbons (Fsp3) is 0.474. The van der Waals surface area contributed by atoms with Crippen molar-refractivity contribution in [2.24, 2.45) is 4.99 Å². The fourth-order valence-electron chi connectivity index (χ4n) is 4.93. The van der Waals surface area contributed by atoms with Crippen molar-refractivity contribution in [3.63, 3.8) is 0 Å². The zero-order valence-electron chi connectivity index (χ0n) is 30.4. The molecule has 3 aromatic rings. The number of ether oxygens (including phenoxy) is 1. The van der Waals surface area contributed by atoms with Gasteiger partial charge in [0.1, 0.15) is 5.60 Å². The highest BCUT2D eigenvalue weighted by atomic mass is 28.4. The van der Waals surface area contributed by atoms with Crippen LogP contribution >= 0.6 is 0 Å². The fourth-order valence-corrected chi connectivity index (χ4v) is 5.88. The Kier molecular flexibility index (Phi) is 10.7. The van der Waals surface area contributed by atoms with Crippen LogP contribution in [0.3, 0.4) is 0 Å². The maximum Gasteiger partial charge on any atom is 0.495 e. The Bertz CT molecular complexity index is 1520. The molecule has 1 heterocycles. The number of carbonyl (C=O) groups excluding carboxylic acids is 1. The van der Waals surface area contributed by atoms with E-state index in [9.17, 15) is 4.79 Å². The Morgan fingerprint density at radius 1 is 0.830 bits per heavy atom. The summed E-state index contributed by atoms with van der Waals surface area (Å²) in [5.41, 5.74) is 4.21. The first-order chi connectivity index (χ1) is 21.7. The number of aliphatic imine (C=N–C) groups is 1. The Morgan fingerprint density at radius 3 is 1.81 bits per heavy atom. The van der Waals surface area contributed by atoms with E-state index in [0.717, 1.165) is 33.4 Å². The van der Waals surface area contributed by atoms with Crippen LogP contribution in [0, 0.1) is 0 Å². The molecule has 0 aliphatic carbocycles. The number of rotatable bonds is 9. The average Bonchev–Trinajstić information content (AvgIpc) is 3.19. The van der Waals surface area contributed by atoms with Crippen LogP contribution in [0.25, 0.3) is 0 Å². The third kappa shape index (κ3) is 8.82. The van der Waals surface area contributed by atoms with Gasteiger partial charge in [-0.2, -0.15) is 0 Å². The largest absolute Gasteiger partial charge is 0.495 e. The minimum absolute atomic E-state index is 0.0309. The number of amides is 1. The van der Waals surface area contributed by atoms with Gasteiger partial charge < -0.3 is 23.8 Å². The molecule has 1 amide bonds. The lowest BCUT2D eigenvalue weighted by Crippen LogP contribution is -2.44. The van der Waals surface area contributed by atoms with E-state index in [0.29, 0.717) is 12.3 Å². The van der Waals surface area contributed by atoms with Crippen molar-refractivity contribution in [1.29, 1.82) is 0 Å². The zero-order chi connectivity index (χ0) is 34.8. The molecule has 1 fully saturated rings. The van der Waals surface area contributed by atoms with Crippen LogP contribution in [-0.2, 0) is 31.6 Å². The van der Waals surface area contributed by atoms with E-state index < -0.39 is 38.3 Å². The van der Waals surface area contributed by atoms with E-state index in [1.54, 1.807) is 0 Å². The number of hydrogen-bond acceptors (Lipinski definition) is 6. The standard InChI is InChI=1S/C38H53BN2O5Si/c1-35(2,3)44-34(42)40-25-30-31(41-33(27-19-15-13-16-20-27)28-21-17-14-18-22-28)24-23-29(26-43-47(11,12)36(4,5)6)32(30)39-45-37(7,8)38(9,10)46-39/h13-24H,25-26H2,1-12H3,(H,40,42). The topological polar surface area (TPSA) is 78.4 Å². The molecule has 0 radical (unpaired) electrons. The second-order valence-electron chi connectivity index (χ2n) is 15.8. The molecule has 47 heavy (non-hydrogen) atoms. The summed E-state index contributed by atoms with van der Waals surface area (Å²) < 4.78 is 25.8. The lowest BCUT2D eigenvalue weighted by Gasteiger charge is -2.36. The van der Waals surface area contributed by atoms with Crippen molar-refractivity contribution in [3.05, 3.63) is 95.1 Å². The summed E-state index contributed by atoms with van der Waals surface area (Å²) in [6.07, 6.45) is -0.512. The van der Waals surface area contributed by atoms with E-state index in [-0.39, 0.29) is 11.6 Å². The monoisotopic (exact) mass is 656 g/mol. The van der Waals surface area contributed by atoms with Gasteiger partial charge in [0.2, 0.25) is 0 Å². The average molecular weight is 657 g/mol. The molecule has 1 aliphatic heterocycles. The molecule has 9 heteroatoms. The van der Waals surface area contributed by atoms with Gasteiger partial charge in [0.05, 0.1) is 29.2 Å². The van der Waals surface area contributed by atoms with Crippen LogP contribution in [0.5, 0.6) is 0 Å². The normalized spacial score (nSPS) is 16.1. The van der Waals surface area contributed by atoms with Crippen LogP contribution in [-0.4, -0.2) is 44.0 Å². The van der Waals surface area contributed by atoms with Gasteiger partial charge in [-0.1, -0.05) is 87.5 Å². The molecule has 1 saturated heterocycles. The van der Waals surface area contributed by atoms with Crippen LogP contribution in [0.1, 0.15) is 91.5 Å². The summed E-state index contributed by atoms with van der Waals surface area (Å²) in [6.45, 7) is 25.4. The van der Waals surface area contributed by atoms with E-state index in [4.69, 9.17) is 23.5 Å². The highest BCUT2D eigenvalue weighted by Gasteiger charge is 2.53. The second kappa shape index (κ2) is 13.7. The van der Waals surface area contributed by atoms with Gasteiger partial charge in [-0.3, -0.25) is 0 Å². The van der Waals surface area contributed by atoms with Gasteiger partial charge in [-0.05, 0) is 89.3 Å². The minimum Gasteiger partial charge on any atom is -0.444 e. The van der Waals surface area contributed by atoms with Gasteiger partial charge >= 0.3 is 13.2 Å². The van der Waals surface area contributed by atoms with Gasteiger partial charge in [-0.15, -0.1) is 0 Å². The molecule has 0 atom stereocenters. The first-order valence-electron chi connectivity index (χ1n) is 16.5. The van der Waals surface area contributed by atoms with Crippen LogP contribution in [0.15, 0.2) is 77.8 Å². The smallest absolute Gasteiger partial charge is 0.444 e. The highest BCUT2D eigenvalue weighted by molar-refractivity contribution is 6.74. The first kappa shape index (κ1) is 36.6. The molecule has 0 bridgehead atoms. The van der Waals surface area contributed by atoms with Crippen molar-refractivity contribution < 1.29 is 23.3 Å². The number of nitrogens with zero attached hydrogens (tertiary/aromatic N) is 1. The molecule has 0 saturated carbocycles. The van der Waals surface area contributed by atoms with Crippen LogP contribution < -0.4 is 10.8 Å². The second-order valence-corrected chi connectivity index (χ2v) is 20.6. The van der Waals surface area contributed by atoms with E-state index in [1.165, 1.54) is 0 Å². The summed E-state index contributed by atoms with van der Waals surface area (Å²) in [7, 11) is -2.82. The lowest BCUT2D eigenvalue weighted by atomic mass is 9.72. The molecular formula is C38H53BN2O5Si. The summed E-state index contributed by atoms with van der Waals surface area (Å²) in [6, 6.07) is 24.3. The SMILES string of the molecule is CC(C)(C)OC(=O)NCc1c(N=C(c2ccccc2)c2ccccc2)ccc(CO[Si](C)(C)C(C)(C)C)c1B1OC(C)(C)C(C)(C)O1. The zero-order valence-corrected chi connectivity index (χ0v) is 31.4. The molecule has 4 rings (SSSR count). The number of alkyl carbamates (subject to hydrolysis) is 1. The molecule has 0 aromatic heterocycles. The van der Waals surface area contributed by atoms with Gasteiger partial charge in [0, 0.05) is 17.7 Å². The predicted molar refractivity (Wildman–Crippen MR) is 195 cm³/mol. The summed E-state index contributed by atoms with van der Waals surface area (Å²) in [5.74, 6) is 0. The molecule has 7 nitrogen and oxygen atoms in total. The molecule has 0 unspecified atom stereocenters. The summed E-state index contributed by atoms with van der Waals surface area (Å²) in [4.78, 5) is 18.4. The van der Waals surface area contributed by atoms with Crippen molar-refractivity contribution in [3.8, 4) is 0 Å². The van der Waals surface area contributed by atoms with E-state index in [1.807, 2.05) is 90.9 Å². The number of benzene rings is 3. The maximum atomic E-state index is 13.0. The van der Waals surface area contributed by atoms with Crippen molar-refractivity contribution in [1.82, 2.24) is 5.32 Å². The summed E-state index contributed by atoms with van der Waals surface area (Å²) in [5, 5.41) is 3.04. The maximum absolute atomic E-state index is 13.0. The summed E-state index contributed by atoms with van der Waals surface area (Å²) >= 11 is 0. The molecule has 3 aromatic carbocycles. The molecule has 1 N–H and O–H groups in total. The molecule has 0 spiro atoms. The Hall–Kier alpha value is -3.24. The van der Waals surface area contributed by atoms with Crippen LogP contribution in [0.4, 0.5) is 10.5 Å². The number of hydrogen-bond donors (Lipinski definition) is 1. The first-order valence-corrected chi connectivity index (χ1v) is 19.4. The Balaban J connectivity index is 1.95. The van der Waals surface area contributed by atoms with Gasteiger partial charge in [0.25, 0.3) is 0 Å². The van der Waals surface area contributed by atoms with E-state index >= 15 is 0 Å². The van der Waals surface area contributed by atoms with Gasteiger partial charge in [0.15, 0.2) is 8.32 Å². The quantitative estimate of drug-likeness (QED) is 0.184. The lowest BCUT2D eigenvalue weighted by molar-refractivity contribution is 0.00578. The highest BCUT2D eigenvalue weighted by Crippen LogP contribution is 2.39. The molecule has 252 valence electrons. The van der Waals surface area contributed by atoms with Crippen molar-refractivity contribution >= 4 is 38.4 Å². The van der Waals surface area contributed by atoms with Crippen LogP contribution in [0.2, 0.25) is 18.1 Å². The van der Waals surface area contributed by atoms with Crippen molar-refractivity contribution in [2.75, 3.05) is 0 Å². The van der Waals surface area contributed by atoms with E-state index in [2.05, 4.69) is 69.5 Å². The molecular weight excluding hydrogens is 603 g/mol.